The number of nitrogens with two attached hydrogens (primary N) is 1. The Labute approximate surface area is 105 Å². The van der Waals surface area contributed by atoms with E-state index in [0.29, 0.717) is 18.0 Å². The third-order valence-electron chi connectivity index (χ3n) is 2.15. The van der Waals surface area contributed by atoms with Gasteiger partial charge in [-0.05, 0) is 37.6 Å². The first-order valence-electron chi connectivity index (χ1n) is 5.59. The number of amides is 3. The van der Waals surface area contributed by atoms with E-state index in [-0.39, 0.29) is 6.61 Å². The summed E-state index contributed by atoms with van der Waals surface area (Å²) in [5.74, 6) is 0.0624. The Bertz CT molecular complexity index is 446. The molecule has 0 unspecified atom stereocenters. The Morgan fingerprint density at radius 1 is 1.39 bits per heavy atom. The zero-order valence-electron chi connectivity index (χ0n) is 10.4. The summed E-state index contributed by atoms with van der Waals surface area (Å²) in [6.07, 6.45) is 0. The average molecular weight is 251 g/mol. The fraction of sp³-hybridized carbons (Fsp3) is 0.333. The van der Waals surface area contributed by atoms with Gasteiger partial charge >= 0.3 is 6.03 Å². The summed E-state index contributed by atoms with van der Waals surface area (Å²) < 4.78 is 5.28. The second-order valence-corrected chi connectivity index (χ2v) is 3.72. The lowest BCUT2D eigenvalue weighted by atomic mass is 10.2. The predicted octanol–water partition coefficient (Wildman–Crippen LogP) is 0.802. The maximum atomic E-state index is 11.4. The van der Waals surface area contributed by atoms with Crippen molar-refractivity contribution < 1.29 is 14.3 Å². The average Bonchev–Trinajstić information content (AvgIpc) is 2.28. The topological polar surface area (TPSA) is 93.5 Å². The van der Waals surface area contributed by atoms with Crippen LogP contribution in [0.1, 0.15) is 12.5 Å². The van der Waals surface area contributed by atoms with Crippen molar-refractivity contribution in [2.45, 2.75) is 13.8 Å². The number of carbonyl (C=O) groups is 2. The minimum absolute atomic E-state index is 0.220. The summed E-state index contributed by atoms with van der Waals surface area (Å²) in [6.45, 7) is 3.82. The van der Waals surface area contributed by atoms with Gasteiger partial charge in [-0.3, -0.25) is 10.1 Å². The third-order valence-corrected chi connectivity index (χ3v) is 2.15. The number of ether oxygens (including phenoxy) is 1. The second-order valence-electron chi connectivity index (χ2n) is 3.72. The largest absolute Gasteiger partial charge is 0.483 e. The lowest BCUT2D eigenvalue weighted by Gasteiger charge is -2.09. The Balaban J connectivity index is 2.45. The number of imide groups is 1. The normalized spacial score (nSPS) is 9.67. The van der Waals surface area contributed by atoms with Gasteiger partial charge in [-0.2, -0.15) is 0 Å². The smallest absolute Gasteiger partial charge is 0.321 e. The molecule has 0 heterocycles. The van der Waals surface area contributed by atoms with Crippen LogP contribution in [-0.4, -0.2) is 25.1 Å². The molecule has 1 aromatic rings. The lowest BCUT2D eigenvalue weighted by molar-refractivity contribution is -0.122. The van der Waals surface area contributed by atoms with Crippen LogP contribution < -0.4 is 21.1 Å². The van der Waals surface area contributed by atoms with Gasteiger partial charge in [0.05, 0.1) is 0 Å². The monoisotopic (exact) mass is 251 g/mol. The van der Waals surface area contributed by atoms with Gasteiger partial charge in [0.2, 0.25) is 0 Å². The molecule has 0 saturated heterocycles. The summed E-state index contributed by atoms with van der Waals surface area (Å²) in [5, 5.41) is 4.59. The molecule has 0 aromatic heterocycles. The first-order valence-corrected chi connectivity index (χ1v) is 5.59. The van der Waals surface area contributed by atoms with Gasteiger partial charge in [-0.25, -0.2) is 4.79 Å². The van der Waals surface area contributed by atoms with Crippen LogP contribution in [0.3, 0.4) is 0 Å². The summed E-state index contributed by atoms with van der Waals surface area (Å²) in [6, 6.07) is 4.59. The molecule has 0 spiro atoms. The predicted molar refractivity (Wildman–Crippen MR) is 68.3 cm³/mol. The van der Waals surface area contributed by atoms with E-state index in [0.717, 1.165) is 5.56 Å². The van der Waals surface area contributed by atoms with Crippen LogP contribution in [0.2, 0.25) is 0 Å². The number of nitrogen functional groups attached to an aromatic ring is 1. The van der Waals surface area contributed by atoms with Crippen molar-refractivity contribution in [1.82, 2.24) is 10.6 Å². The van der Waals surface area contributed by atoms with Gasteiger partial charge < -0.3 is 15.8 Å². The fourth-order valence-corrected chi connectivity index (χ4v) is 1.35. The molecular formula is C12H17N3O3. The van der Waals surface area contributed by atoms with Gasteiger partial charge in [0.1, 0.15) is 5.75 Å². The summed E-state index contributed by atoms with van der Waals surface area (Å²) in [5.41, 5.74) is 7.06. The molecule has 1 rings (SSSR count). The standard InChI is InChI=1S/C12H17N3O3/c1-3-14-12(17)15-11(16)7-18-10-5-4-9(13)6-8(10)2/h4-6H,3,7,13H2,1-2H3,(H2,14,15,16,17). The van der Waals surface area contributed by atoms with Crippen LogP contribution in [-0.2, 0) is 4.79 Å². The Hall–Kier alpha value is -2.24. The third kappa shape index (κ3) is 4.32. The number of nitrogens with one attached hydrogen (secondary N) is 2. The highest BCUT2D eigenvalue weighted by molar-refractivity contribution is 5.94. The van der Waals surface area contributed by atoms with Gasteiger partial charge in [-0.15, -0.1) is 0 Å². The van der Waals surface area contributed by atoms with E-state index in [2.05, 4.69) is 10.6 Å². The molecule has 0 aliphatic carbocycles. The van der Waals surface area contributed by atoms with Crippen molar-refractivity contribution in [3.63, 3.8) is 0 Å². The number of hydrogen-bond acceptors (Lipinski definition) is 4. The van der Waals surface area contributed by atoms with E-state index in [9.17, 15) is 9.59 Å². The lowest BCUT2D eigenvalue weighted by Crippen LogP contribution is -2.41. The zero-order valence-corrected chi connectivity index (χ0v) is 10.4. The molecule has 0 aliphatic heterocycles. The number of benzene rings is 1. The zero-order chi connectivity index (χ0) is 13.5. The van der Waals surface area contributed by atoms with Crippen molar-refractivity contribution in [3.05, 3.63) is 23.8 Å². The molecule has 0 bridgehead atoms. The van der Waals surface area contributed by atoms with Crippen molar-refractivity contribution >= 4 is 17.6 Å². The minimum Gasteiger partial charge on any atom is -0.483 e. The number of urea groups is 1. The molecule has 3 amide bonds. The minimum atomic E-state index is -0.528. The first-order chi connectivity index (χ1) is 8.52. The van der Waals surface area contributed by atoms with Crippen molar-refractivity contribution in [3.8, 4) is 5.75 Å². The van der Waals surface area contributed by atoms with Gasteiger partial charge in [0.15, 0.2) is 6.61 Å². The first kappa shape index (κ1) is 13.8. The number of rotatable bonds is 4. The molecule has 6 nitrogen and oxygen atoms in total. The summed E-state index contributed by atoms with van der Waals surface area (Å²) in [7, 11) is 0. The Morgan fingerprint density at radius 2 is 2.11 bits per heavy atom. The molecular weight excluding hydrogens is 234 g/mol. The SMILES string of the molecule is CCNC(=O)NC(=O)COc1ccc(N)cc1C. The molecule has 98 valence electrons. The van der Waals surface area contributed by atoms with Gasteiger partial charge in [0, 0.05) is 12.2 Å². The van der Waals surface area contributed by atoms with E-state index in [1.165, 1.54) is 0 Å². The van der Waals surface area contributed by atoms with E-state index < -0.39 is 11.9 Å². The molecule has 0 saturated carbocycles. The molecule has 0 fully saturated rings. The maximum absolute atomic E-state index is 11.4. The highest BCUT2D eigenvalue weighted by Crippen LogP contribution is 2.19. The Kier molecular flexibility index (Phi) is 4.98. The highest BCUT2D eigenvalue weighted by Gasteiger charge is 2.08. The van der Waals surface area contributed by atoms with Crippen molar-refractivity contribution in [2.24, 2.45) is 0 Å². The number of aryl methyl sites for hydroxylation is 1. The molecule has 1 aromatic carbocycles. The second kappa shape index (κ2) is 6.48. The van der Waals surface area contributed by atoms with E-state index >= 15 is 0 Å². The molecule has 18 heavy (non-hydrogen) atoms. The van der Waals surface area contributed by atoms with Crippen LogP contribution in [0.25, 0.3) is 0 Å². The van der Waals surface area contributed by atoms with Crippen LogP contribution in [0.15, 0.2) is 18.2 Å². The highest BCUT2D eigenvalue weighted by atomic mass is 16.5. The fourth-order valence-electron chi connectivity index (χ4n) is 1.35. The van der Waals surface area contributed by atoms with E-state index in [1.807, 2.05) is 6.92 Å². The van der Waals surface area contributed by atoms with Crippen molar-refractivity contribution in [2.75, 3.05) is 18.9 Å². The molecule has 6 heteroatoms. The van der Waals surface area contributed by atoms with Crippen LogP contribution >= 0.6 is 0 Å². The number of carbonyl (C=O) groups excluding carboxylic acids is 2. The number of anilines is 1. The molecule has 0 aliphatic rings. The van der Waals surface area contributed by atoms with Crippen molar-refractivity contribution in [1.29, 1.82) is 0 Å². The van der Waals surface area contributed by atoms with Crippen LogP contribution in [0.4, 0.5) is 10.5 Å². The molecule has 0 radical (unpaired) electrons. The van der Waals surface area contributed by atoms with E-state index in [1.54, 1.807) is 25.1 Å². The van der Waals surface area contributed by atoms with E-state index in [4.69, 9.17) is 10.5 Å². The molecule has 0 atom stereocenters. The van der Waals surface area contributed by atoms with Gasteiger partial charge in [-0.1, -0.05) is 0 Å². The quantitative estimate of drug-likeness (QED) is 0.690. The maximum Gasteiger partial charge on any atom is 0.321 e. The summed E-state index contributed by atoms with van der Waals surface area (Å²) >= 11 is 0. The number of hydrogen-bond donors (Lipinski definition) is 3. The Morgan fingerprint density at radius 3 is 2.72 bits per heavy atom. The van der Waals surface area contributed by atoms with Crippen LogP contribution in [0.5, 0.6) is 5.75 Å². The van der Waals surface area contributed by atoms with Gasteiger partial charge in [0.25, 0.3) is 5.91 Å². The summed E-state index contributed by atoms with van der Waals surface area (Å²) in [4.78, 5) is 22.4. The van der Waals surface area contributed by atoms with Crippen LogP contribution in [0, 0.1) is 6.92 Å². The molecule has 4 N–H and O–H groups in total.